The molecule has 3 heterocycles. The third kappa shape index (κ3) is 3.03. The molecule has 0 fully saturated rings. The van der Waals surface area contributed by atoms with Crippen LogP contribution in [0.3, 0.4) is 0 Å². The highest BCUT2D eigenvalue weighted by molar-refractivity contribution is 7.98. The van der Waals surface area contributed by atoms with Gasteiger partial charge in [0.1, 0.15) is 0 Å². The number of nitrogens with zero attached hydrogens (tertiary/aromatic N) is 4. The number of rotatable bonds is 5. The lowest BCUT2D eigenvalue weighted by Crippen LogP contribution is -2.25. The maximum Gasteiger partial charge on any atom is 0.262 e. The topological polar surface area (TPSA) is 86.9 Å². The number of thioether (sulfide) groups is 1. The van der Waals surface area contributed by atoms with Crippen molar-refractivity contribution in [2.45, 2.75) is 30.8 Å². The van der Waals surface area contributed by atoms with Gasteiger partial charge in [0.05, 0.1) is 22.9 Å². The second-order valence-electron chi connectivity index (χ2n) is 5.96. The molecule has 132 valence electrons. The maximum absolute atomic E-state index is 12.8. The van der Waals surface area contributed by atoms with Crippen LogP contribution in [0.15, 0.2) is 61.6 Å². The zero-order valence-electron chi connectivity index (χ0n) is 14.2. The van der Waals surface area contributed by atoms with Gasteiger partial charge in [0.25, 0.3) is 5.56 Å². The van der Waals surface area contributed by atoms with Crippen molar-refractivity contribution in [2.75, 3.05) is 0 Å². The molecule has 7 nitrogen and oxygen atoms in total. The molecule has 0 saturated heterocycles. The molecule has 26 heavy (non-hydrogen) atoms. The summed E-state index contributed by atoms with van der Waals surface area (Å²) >= 11 is 1.39. The lowest BCUT2D eigenvalue weighted by Gasteiger charge is -2.15. The summed E-state index contributed by atoms with van der Waals surface area (Å²) in [7, 11) is 0. The maximum atomic E-state index is 12.8. The molecule has 0 aliphatic carbocycles. The Labute approximate surface area is 153 Å². The van der Waals surface area contributed by atoms with E-state index in [1.165, 1.54) is 11.8 Å². The van der Waals surface area contributed by atoms with Gasteiger partial charge in [0, 0.05) is 6.04 Å². The second-order valence-corrected chi connectivity index (χ2v) is 6.90. The molecule has 3 aromatic heterocycles. The molecule has 0 radical (unpaired) electrons. The van der Waals surface area contributed by atoms with Crippen LogP contribution in [0.2, 0.25) is 0 Å². The predicted molar refractivity (Wildman–Crippen MR) is 97.9 cm³/mol. The molecule has 0 spiro atoms. The highest BCUT2D eigenvalue weighted by Gasteiger charge is 2.16. The highest BCUT2D eigenvalue weighted by Crippen LogP contribution is 2.25. The molecule has 0 saturated carbocycles. The molecule has 0 bridgehead atoms. The van der Waals surface area contributed by atoms with Crippen LogP contribution in [0.1, 0.15) is 25.8 Å². The predicted octanol–water partition coefficient (Wildman–Crippen LogP) is 3.91. The van der Waals surface area contributed by atoms with E-state index in [0.717, 1.165) is 0 Å². The summed E-state index contributed by atoms with van der Waals surface area (Å²) in [5.74, 6) is 1.80. The van der Waals surface area contributed by atoms with E-state index in [0.29, 0.717) is 39.3 Å². The number of para-hydroxylation sites is 1. The number of hydrogen-bond acceptors (Lipinski definition) is 7. The molecule has 0 amide bonds. The fourth-order valence-electron chi connectivity index (χ4n) is 2.63. The van der Waals surface area contributed by atoms with Crippen LogP contribution in [0, 0.1) is 0 Å². The SMILES string of the molecule is CC(C)n1c(SCc2nc(-c3ccco3)no2)nc2ccccc2c1=O. The minimum absolute atomic E-state index is 0.0107. The third-order valence-electron chi connectivity index (χ3n) is 3.83. The van der Waals surface area contributed by atoms with Crippen LogP contribution >= 0.6 is 11.8 Å². The molecule has 0 N–H and O–H groups in total. The molecule has 0 aliphatic rings. The van der Waals surface area contributed by atoms with Crippen molar-refractivity contribution in [1.82, 2.24) is 19.7 Å². The summed E-state index contributed by atoms with van der Waals surface area (Å²) in [6, 6.07) is 10.9. The van der Waals surface area contributed by atoms with Gasteiger partial charge in [-0.2, -0.15) is 4.98 Å². The van der Waals surface area contributed by atoms with Gasteiger partial charge in [-0.25, -0.2) is 4.98 Å². The lowest BCUT2D eigenvalue weighted by atomic mass is 10.2. The van der Waals surface area contributed by atoms with Crippen LogP contribution in [0.5, 0.6) is 0 Å². The van der Waals surface area contributed by atoms with Crippen molar-refractivity contribution in [3.8, 4) is 11.6 Å². The van der Waals surface area contributed by atoms with E-state index in [2.05, 4.69) is 15.1 Å². The first-order valence-corrected chi connectivity index (χ1v) is 9.12. The van der Waals surface area contributed by atoms with Gasteiger partial charge in [0.15, 0.2) is 10.9 Å². The Morgan fingerprint density at radius 2 is 2.00 bits per heavy atom. The van der Waals surface area contributed by atoms with Gasteiger partial charge in [-0.15, -0.1) is 0 Å². The van der Waals surface area contributed by atoms with Gasteiger partial charge < -0.3 is 8.94 Å². The van der Waals surface area contributed by atoms with Crippen LogP contribution in [0.4, 0.5) is 0 Å². The molecule has 8 heteroatoms. The number of hydrogen-bond donors (Lipinski definition) is 0. The summed E-state index contributed by atoms with van der Waals surface area (Å²) in [5.41, 5.74) is 0.633. The van der Waals surface area contributed by atoms with Gasteiger partial charge >= 0.3 is 0 Å². The quantitative estimate of drug-likeness (QED) is 0.390. The first-order valence-electron chi connectivity index (χ1n) is 8.14. The van der Waals surface area contributed by atoms with E-state index < -0.39 is 0 Å². The average Bonchev–Trinajstić information content (AvgIpc) is 3.31. The summed E-state index contributed by atoms with van der Waals surface area (Å²) in [4.78, 5) is 21.8. The van der Waals surface area contributed by atoms with Crippen LogP contribution in [-0.2, 0) is 5.75 Å². The second kappa shape index (κ2) is 6.80. The van der Waals surface area contributed by atoms with Crippen LogP contribution in [0.25, 0.3) is 22.5 Å². The smallest absolute Gasteiger partial charge is 0.262 e. The minimum Gasteiger partial charge on any atom is -0.461 e. The van der Waals surface area contributed by atoms with Crippen molar-refractivity contribution in [1.29, 1.82) is 0 Å². The molecular formula is C18H16N4O3S. The Morgan fingerprint density at radius 1 is 1.15 bits per heavy atom. The fourth-order valence-corrected chi connectivity index (χ4v) is 3.59. The summed E-state index contributed by atoms with van der Waals surface area (Å²) < 4.78 is 12.2. The van der Waals surface area contributed by atoms with Gasteiger partial charge in [-0.1, -0.05) is 29.1 Å². The van der Waals surface area contributed by atoms with Crippen molar-refractivity contribution in [3.05, 3.63) is 58.9 Å². The molecule has 0 atom stereocenters. The normalized spacial score (nSPS) is 11.5. The highest BCUT2D eigenvalue weighted by atomic mass is 32.2. The third-order valence-corrected chi connectivity index (χ3v) is 4.76. The van der Waals surface area contributed by atoms with Crippen molar-refractivity contribution < 1.29 is 8.94 Å². The van der Waals surface area contributed by atoms with E-state index in [1.807, 2.05) is 32.0 Å². The Hall–Kier alpha value is -2.87. The van der Waals surface area contributed by atoms with Gasteiger partial charge in [0.2, 0.25) is 11.7 Å². The minimum atomic E-state index is -0.0464. The standard InChI is InChI=1S/C18H16N4O3S/c1-11(2)22-17(23)12-6-3-4-7-13(12)19-18(22)26-10-15-20-16(21-25-15)14-8-5-9-24-14/h3-9,11H,10H2,1-2H3. The first-order chi connectivity index (χ1) is 12.6. The number of benzene rings is 1. The summed E-state index contributed by atoms with van der Waals surface area (Å²) in [6.45, 7) is 3.92. The average molecular weight is 368 g/mol. The van der Waals surface area contributed by atoms with E-state index in [9.17, 15) is 4.79 Å². The largest absolute Gasteiger partial charge is 0.461 e. The van der Waals surface area contributed by atoms with Crippen molar-refractivity contribution in [2.24, 2.45) is 0 Å². The zero-order chi connectivity index (χ0) is 18.1. The molecule has 1 aromatic carbocycles. The van der Waals surface area contributed by atoms with Gasteiger partial charge in [-0.05, 0) is 38.1 Å². The van der Waals surface area contributed by atoms with E-state index in [-0.39, 0.29) is 11.6 Å². The monoisotopic (exact) mass is 368 g/mol. The fraction of sp³-hybridized carbons (Fsp3) is 0.222. The number of fused-ring (bicyclic) bond motifs is 1. The van der Waals surface area contributed by atoms with E-state index >= 15 is 0 Å². The van der Waals surface area contributed by atoms with E-state index in [4.69, 9.17) is 8.94 Å². The zero-order valence-corrected chi connectivity index (χ0v) is 15.1. The van der Waals surface area contributed by atoms with Crippen molar-refractivity contribution in [3.63, 3.8) is 0 Å². The lowest BCUT2D eigenvalue weighted by molar-refractivity contribution is 0.390. The van der Waals surface area contributed by atoms with E-state index in [1.54, 1.807) is 29.0 Å². The number of aromatic nitrogens is 4. The number of furan rings is 1. The molecular weight excluding hydrogens is 352 g/mol. The first kappa shape index (κ1) is 16.6. The molecule has 4 rings (SSSR count). The summed E-state index contributed by atoms with van der Waals surface area (Å²) in [5, 5.41) is 5.15. The molecule has 4 aromatic rings. The Morgan fingerprint density at radius 3 is 2.77 bits per heavy atom. The Kier molecular flexibility index (Phi) is 4.34. The van der Waals surface area contributed by atoms with Crippen LogP contribution in [-0.4, -0.2) is 19.7 Å². The summed E-state index contributed by atoms with van der Waals surface area (Å²) in [6.07, 6.45) is 1.56. The van der Waals surface area contributed by atoms with Crippen LogP contribution < -0.4 is 5.56 Å². The van der Waals surface area contributed by atoms with Gasteiger partial charge in [-0.3, -0.25) is 9.36 Å². The molecule has 0 aliphatic heterocycles. The molecule has 0 unspecified atom stereocenters. The Bertz CT molecular complexity index is 1100. The van der Waals surface area contributed by atoms with Crippen molar-refractivity contribution >= 4 is 22.7 Å². The Balaban J connectivity index is 1.65.